The Kier molecular flexibility index (Phi) is 10.4. The van der Waals surface area contributed by atoms with Crippen molar-refractivity contribution in [2.75, 3.05) is 17.0 Å². The summed E-state index contributed by atoms with van der Waals surface area (Å²) < 4.78 is 0. The molecule has 0 aliphatic rings. The van der Waals surface area contributed by atoms with Gasteiger partial charge in [-0.05, 0) is 49.9 Å². The number of rotatable bonds is 14. The minimum atomic E-state index is -2.26. The van der Waals surface area contributed by atoms with Crippen molar-refractivity contribution in [3.63, 3.8) is 0 Å². The Balaban J connectivity index is 2.19. The van der Waals surface area contributed by atoms with E-state index in [1.165, 1.54) is 5.01 Å². The highest BCUT2D eigenvalue weighted by atomic mass is 16.4. The maximum absolute atomic E-state index is 13.6. The molecule has 0 bridgehead atoms. The molecule has 2 rings (SSSR count). The first-order valence-corrected chi connectivity index (χ1v) is 11.3. The number of benzene rings is 2. The van der Waals surface area contributed by atoms with Gasteiger partial charge in [0.1, 0.15) is 0 Å². The number of hydrogen-bond donors (Lipinski definition) is 4. The molecule has 8 nitrogen and oxygen atoms in total. The molecule has 0 saturated carbocycles. The van der Waals surface area contributed by atoms with Crippen molar-refractivity contribution in [2.24, 2.45) is 0 Å². The monoisotopic (exact) mass is 455 g/mol. The summed E-state index contributed by atoms with van der Waals surface area (Å²) in [5, 5.41) is 23.9. The van der Waals surface area contributed by atoms with Crippen LogP contribution in [0.4, 0.5) is 11.4 Å². The summed E-state index contributed by atoms with van der Waals surface area (Å²) in [6.45, 7) is 2.17. The van der Waals surface area contributed by atoms with Gasteiger partial charge in [-0.15, -0.1) is 0 Å². The van der Waals surface area contributed by atoms with E-state index in [-0.39, 0.29) is 19.4 Å². The van der Waals surface area contributed by atoms with Gasteiger partial charge < -0.3 is 15.5 Å². The number of anilines is 2. The number of nitrogens with one attached hydrogen (secondary N) is 2. The fraction of sp³-hybridized carbons (Fsp3) is 0.400. The minimum Gasteiger partial charge on any atom is -0.481 e. The molecule has 0 spiro atoms. The molecule has 0 aliphatic carbocycles. The Morgan fingerprint density at radius 2 is 1.55 bits per heavy atom. The second kappa shape index (κ2) is 13.2. The van der Waals surface area contributed by atoms with Crippen LogP contribution in [0.15, 0.2) is 60.7 Å². The van der Waals surface area contributed by atoms with Crippen molar-refractivity contribution in [2.45, 2.75) is 57.5 Å². The Morgan fingerprint density at radius 3 is 2.15 bits per heavy atom. The zero-order valence-corrected chi connectivity index (χ0v) is 19.0. The van der Waals surface area contributed by atoms with Crippen LogP contribution in [0.25, 0.3) is 0 Å². The molecule has 178 valence electrons. The van der Waals surface area contributed by atoms with E-state index in [1.807, 2.05) is 31.2 Å². The van der Waals surface area contributed by atoms with Crippen molar-refractivity contribution in [1.29, 1.82) is 0 Å². The molecule has 2 aromatic rings. The number of aliphatic hydroxyl groups is 1. The molecular weight excluding hydrogens is 422 g/mol. The lowest BCUT2D eigenvalue weighted by atomic mass is 9.93. The highest BCUT2D eigenvalue weighted by Crippen LogP contribution is 2.24. The molecule has 0 heterocycles. The number of carboxylic acid groups (broad SMARTS) is 1. The zero-order valence-electron chi connectivity index (χ0n) is 19.0. The number of carbonyl (C=O) groups is 3. The Morgan fingerprint density at radius 1 is 0.909 bits per heavy atom. The molecule has 1 atom stereocenters. The van der Waals surface area contributed by atoms with E-state index in [2.05, 4.69) is 10.7 Å². The van der Waals surface area contributed by atoms with Gasteiger partial charge >= 0.3 is 5.97 Å². The number of nitrogens with zero attached hydrogens (tertiary/aromatic N) is 1. The predicted octanol–water partition coefficient (Wildman–Crippen LogP) is 3.73. The molecule has 0 fully saturated rings. The van der Waals surface area contributed by atoms with Gasteiger partial charge in [0.2, 0.25) is 5.60 Å². The first-order chi connectivity index (χ1) is 15.9. The standard InChI is InChI=1S/C25H33N3O5/c1-2-3-18-25(33,23(31)26-19-12-6-11-17-22(29)30)24(32)28(21-15-9-5-10-16-21)27-20-13-7-4-8-14-20/h4-5,7-10,13-16,27,33H,2-3,6,11-12,17-19H2,1H3,(H,26,31)(H,29,30). The summed E-state index contributed by atoms with van der Waals surface area (Å²) in [5.41, 5.74) is 1.88. The maximum atomic E-state index is 13.6. The van der Waals surface area contributed by atoms with Gasteiger partial charge in [0.15, 0.2) is 0 Å². The summed E-state index contributed by atoms with van der Waals surface area (Å²) in [5.74, 6) is -2.38. The fourth-order valence-corrected chi connectivity index (χ4v) is 3.31. The van der Waals surface area contributed by atoms with Gasteiger partial charge in [-0.25, -0.2) is 5.01 Å². The Labute approximate surface area is 194 Å². The molecule has 0 aliphatic heterocycles. The lowest BCUT2D eigenvalue weighted by molar-refractivity contribution is -0.152. The number of hydrazine groups is 1. The average molecular weight is 456 g/mol. The molecule has 0 aromatic heterocycles. The van der Waals surface area contributed by atoms with E-state index in [9.17, 15) is 19.5 Å². The van der Waals surface area contributed by atoms with E-state index in [1.54, 1.807) is 36.4 Å². The predicted molar refractivity (Wildman–Crippen MR) is 128 cm³/mol. The third-order valence-corrected chi connectivity index (χ3v) is 5.21. The molecule has 33 heavy (non-hydrogen) atoms. The number of carboxylic acids is 1. The lowest BCUT2D eigenvalue weighted by Gasteiger charge is -2.33. The SMILES string of the molecule is CCCCC(O)(C(=O)NCCCCCC(=O)O)C(=O)N(Nc1ccccc1)c1ccccc1. The number of amides is 2. The number of hydrogen-bond acceptors (Lipinski definition) is 5. The van der Waals surface area contributed by atoms with Gasteiger partial charge in [0, 0.05) is 13.0 Å². The highest BCUT2D eigenvalue weighted by Gasteiger charge is 2.46. The second-order valence-corrected chi connectivity index (χ2v) is 7.88. The van der Waals surface area contributed by atoms with Crippen LogP contribution in [0.3, 0.4) is 0 Å². The third-order valence-electron chi connectivity index (χ3n) is 5.21. The fourth-order valence-electron chi connectivity index (χ4n) is 3.31. The quantitative estimate of drug-likeness (QED) is 0.196. The number of unbranched alkanes of at least 4 members (excludes halogenated alkanes) is 3. The molecule has 4 N–H and O–H groups in total. The Bertz CT molecular complexity index is 891. The summed E-state index contributed by atoms with van der Waals surface area (Å²) in [6.07, 6.45) is 2.93. The number of carbonyl (C=O) groups excluding carboxylic acids is 2. The van der Waals surface area contributed by atoms with Gasteiger partial charge in [-0.1, -0.05) is 56.2 Å². The van der Waals surface area contributed by atoms with Crippen LogP contribution < -0.4 is 15.8 Å². The smallest absolute Gasteiger partial charge is 0.303 e. The van der Waals surface area contributed by atoms with Gasteiger partial charge in [0.25, 0.3) is 11.8 Å². The van der Waals surface area contributed by atoms with Gasteiger partial charge in [0.05, 0.1) is 11.4 Å². The van der Waals surface area contributed by atoms with Gasteiger partial charge in [-0.3, -0.25) is 19.8 Å². The van der Waals surface area contributed by atoms with Crippen LogP contribution in [-0.2, 0) is 14.4 Å². The van der Waals surface area contributed by atoms with E-state index >= 15 is 0 Å². The van der Waals surface area contributed by atoms with Crippen molar-refractivity contribution in [3.8, 4) is 0 Å². The van der Waals surface area contributed by atoms with E-state index in [4.69, 9.17) is 5.11 Å². The summed E-state index contributed by atoms with van der Waals surface area (Å²) >= 11 is 0. The van der Waals surface area contributed by atoms with Crippen LogP contribution in [0.2, 0.25) is 0 Å². The molecule has 2 aromatic carbocycles. The van der Waals surface area contributed by atoms with E-state index in [0.717, 1.165) is 0 Å². The van der Waals surface area contributed by atoms with Crippen LogP contribution >= 0.6 is 0 Å². The molecule has 0 saturated heterocycles. The second-order valence-electron chi connectivity index (χ2n) is 7.88. The van der Waals surface area contributed by atoms with Crippen LogP contribution in [0.5, 0.6) is 0 Å². The lowest BCUT2D eigenvalue weighted by Crippen LogP contribution is -2.59. The van der Waals surface area contributed by atoms with E-state index in [0.29, 0.717) is 43.5 Å². The summed E-state index contributed by atoms with van der Waals surface area (Å²) in [6, 6.07) is 17.8. The molecule has 0 radical (unpaired) electrons. The first-order valence-electron chi connectivity index (χ1n) is 11.3. The van der Waals surface area contributed by atoms with Crippen molar-refractivity contribution < 1.29 is 24.6 Å². The summed E-state index contributed by atoms with van der Waals surface area (Å²) in [4.78, 5) is 37.2. The molecule has 1 unspecified atom stereocenters. The minimum absolute atomic E-state index is 0.0208. The molecule has 8 heteroatoms. The summed E-state index contributed by atoms with van der Waals surface area (Å²) in [7, 11) is 0. The van der Waals surface area contributed by atoms with Crippen LogP contribution in [0, 0.1) is 0 Å². The largest absolute Gasteiger partial charge is 0.481 e. The van der Waals surface area contributed by atoms with Gasteiger partial charge in [-0.2, -0.15) is 0 Å². The van der Waals surface area contributed by atoms with Crippen molar-refractivity contribution in [1.82, 2.24) is 5.32 Å². The third kappa shape index (κ3) is 7.91. The number of aliphatic carboxylic acids is 1. The van der Waals surface area contributed by atoms with Crippen LogP contribution in [0.1, 0.15) is 51.9 Å². The topological polar surface area (TPSA) is 119 Å². The van der Waals surface area contributed by atoms with Crippen molar-refractivity contribution >= 4 is 29.2 Å². The van der Waals surface area contributed by atoms with E-state index < -0.39 is 23.4 Å². The Hall–Kier alpha value is -3.39. The average Bonchev–Trinajstić information content (AvgIpc) is 2.83. The molecule has 2 amide bonds. The number of para-hydroxylation sites is 2. The highest BCUT2D eigenvalue weighted by molar-refractivity contribution is 6.15. The first kappa shape index (κ1) is 25.9. The zero-order chi connectivity index (χ0) is 24.1. The van der Waals surface area contributed by atoms with Crippen molar-refractivity contribution in [3.05, 3.63) is 60.7 Å². The molecular formula is C25H33N3O5. The normalized spacial score (nSPS) is 12.4. The maximum Gasteiger partial charge on any atom is 0.303 e. The van der Waals surface area contributed by atoms with Crippen LogP contribution in [-0.4, -0.2) is 40.1 Å².